The molecule has 0 saturated heterocycles. The van der Waals surface area contributed by atoms with E-state index in [2.05, 4.69) is 15.6 Å². The number of aryl methyl sites for hydroxylation is 3. The van der Waals surface area contributed by atoms with Crippen molar-refractivity contribution < 1.29 is 9.32 Å². The molecule has 0 aliphatic carbocycles. The smallest absolute Gasteiger partial charge is 0.297 e. The van der Waals surface area contributed by atoms with Gasteiger partial charge in [0.05, 0.1) is 11.1 Å². The Morgan fingerprint density at radius 3 is 2.73 bits per heavy atom. The predicted molar refractivity (Wildman–Crippen MR) is 99.7 cm³/mol. The first-order chi connectivity index (χ1) is 12.3. The lowest BCUT2D eigenvalue weighted by atomic mass is 10.1. The number of carbonyl (C=O) groups excluding carboxylic acids is 1. The standard InChI is InChI=1S/C18H19ClN4O3/c1-5-14(17(24)20-12-7-6-9(2)13(19)8-12)23-18(25)16-15(10(3)21-23)11(4)26-22-16/h6-8,14H,5H2,1-4H3,(H,20,24). The minimum absolute atomic E-state index is 0.180. The fraction of sp³-hybridized carbons (Fsp3) is 0.333. The number of nitrogens with one attached hydrogen (secondary N) is 1. The molecule has 0 radical (unpaired) electrons. The molecule has 3 rings (SSSR count). The van der Waals surface area contributed by atoms with E-state index in [4.69, 9.17) is 16.1 Å². The highest BCUT2D eigenvalue weighted by Gasteiger charge is 2.24. The van der Waals surface area contributed by atoms with E-state index in [9.17, 15) is 9.59 Å². The van der Waals surface area contributed by atoms with Crippen LogP contribution in [0.2, 0.25) is 5.02 Å². The summed E-state index contributed by atoms with van der Waals surface area (Å²) in [5.41, 5.74) is 1.79. The van der Waals surface area contributed by atoms with Gasteiger partial charge in [-0.05, 0) is 44.9 Å². The van der Waals surface area contributed by atoms with Crippen molar-refractivity contribution in [2.45, 2.75) is 40.2 Å². The number of carbonyl (C=O) groups is 1. The fourth-order valence-corrected chi connectivity index (χ4v) is 3.07. The van der Waals surface area contributed by atoms with Gasteiger partial charge in [-0.2, -0.15) is 5.10 Å². The van der Waals surface area contributed by atoms with Crippen LogP contribution < -0.4 is 10.9 Å². The van der Waals surface area contributed by atoms with E-state index in [1.807, 2.05) is 19.9 Å². The van der Waals surface area contributed by atoms with E-state index in [-0.39, 0.29) is 11.4 Å². The highest BCUT2D eigenvalue weighted by atomic mass is 35.5. The average molecular weight is 375 g/mol. The Labute approximate surface area is 154 Å². The number of benzene rings is 1. The second-order valence-electron chi connectivity index (χ2n) is 6.17. The molecular weight excluding hydrogens is 356 g/mol. The van der Waals surface area contributed by atoms with Gasteiger partial charge < -0.3 is 9.84 Å². The molecule has 2 heterocycles. The van der Waals surface area contributed by atoms with Crippen molar-refractivity contribution in [1.82, 2.24) is 14.9 Å². The van der Waals surface area contributed by atoms with Crippen LogP contribution in [0.25, 0.3) is 10.9 Å². The fourth-order valence-electron chi connectivity index (χ4n) is 2.89. The molecule has 26 heavy (non-hydrogen) atoms. The zero-order chi connectivity index (χ0) is 19.0. The maximum absolute atomic E-state index is 12.7. The molecule has 7 nitrogen and oxygen atoms in total. The summed E-state index contributed by atoms with van der Waals surface area (Å²) in [6.07, 6.45) is 0.389. The third kappa shape index (κ3) is 3.10. The Hall–Kier alpha value is -2.67. The van der Waals surface area contributed by atoms with Gasteiger partial charge in [0.25, 0.3) is 5.56 Å². The van der Waals surface area contributed by atoms with Crippen LogP contribution in [0.5, 0.6) is 0 Å². The summed E-state index contributed by atoms with van der Waals surface area (Å²) in [5.74, 6) is 0.182. The van der Waals surface area contributed by atoms with E-state index in [1.54, 1.807) is 26.0 Å². The number of hydrogen-bond donors (Lipinski definition) is 1. The van der Waals surface area contributed by atoms with Gasteiger partial charge in [-0.1, -0.05) is 29.7 Å². The number of anilines is 1. The zero-order valence-electron chi connectivity index (χ0n) is 15.0. The predicted octanol–water partition coefficient (Wildman–Crippen LogP) is 3.55. The summed E-state index contributed by atoms with van der Waals surface area (Å²) in [5, 5.41) is 12.1. The normalized spacial score (nSPS) is 12.3. The molecule has 8 heteroatoms. The van der Waals surface area contributed by atoms with Gasteiger partial charge in [0.1, 0.15) is 11.8 Å². The quantitative estimate of drug-likeness (QED) is 0.754. The van der Waals surface area contributed by atoms with Crippen molar-refractivity contribution in [2.24, 2.45) is 0 Å². The third-order valence-electron chi connectivity index (χ3n) is 4.32. The van der Waals surface area contributed by atoms with Crippen LogP contribution in [0.4, 0.5) is 5.69 Å². The van der Waals surface area contributed by atoms with E-state index in [1.165, 1.54) is 4.68 Å². The maximum Gasteiger partial charge on any atom is 0.297 e. The first-order valence-corrected chi connectivity index (χ1v) is 8.63. The zero-order valence-corrected chi connectivity index (χ0v) is 15.7. The monoisotopic (exact) mass is 374 g/mol. The van der Waals surface area contributed by atoms with Crippen LogP contribution in [-0.2, 0) is 4.79 Å². The van der Waals surface area contributed by atoms with E-state index in [0.29, 0.717) is 34.0 Å². The van der Waals surface area contributed by atoms with Gasteiger partial charge in [0, 0.05) is 10.7 Å². The van der Waals surface area contributed by atoms with Crippen molar-refractivity contribution in [3.8, 4) is 0 Å². The Balaban J connectivity index is 1.99. The molecule has 0 spiro atoms. The molecule has 1 N–H and O–H groups in total. The molecule has 1 unspecified atom stereocenters. The van der Waals surface area contributed by atoms with Crippen LogP contribution in [-0.4, -0.2) is 20.8 Å². The molecule has 1 aromatic carbocycles. The minimum atomic E-state index is -0.775. The maximum atomic E-state index is 12.7. The summed E-state index contributed by atoms with van der Waals surface area (Å²) in [6.45, 7) is 7.17. The molecule has 0 aliphatic rings. The molecule has 0 bridgehead atoms. The van der Waals surface area contributed by atoms with Crippen LogP contribution in [0, 0.1) is 20.8 Å². The molecule has 0 fully saturated rings. The minimum Gasteiger partial charge on any atom is -0.360 e. The molecule has 0 saturated carbocycles. The second-order valence-corrected chi connectivity index (χ2v) is 6.58. The summed E-state index contributed by atoms with van der Waals surface area (Å²) in [6, 6.07) is 4.48. The molecule has 3 aromatic rings. The molecule has 1 amide bonds. The Kier molecular flexibility index (Phi) is 4.82. The highest BCUT2D eigenvalue weighted by molar-refractivity contribution is 6.31. The molecule has 1 atom stereocenters. The topological polar surface area (TPSA) is 90.0 Å². The first-order valence-electron chi connectivity index (χ1n) is 8.26. The number of halogens is 1. The van der Waals surface area contributed by atoms with Gasteiger partial charge in [0.2, 0.25) is 5.91 Å². The molecular formula is C18H19ClN4O3. The lowest BCUT2D eigenvalue weighted by Crippen LogP contribution is -2.35. The Bertz CT molecular complexity index is 1050. The van der Waals surface area contributed by atoms with E-state index < -0.39 is 11.6 Å². The van der Waals surface area contributed by atoms with Gasteiger partial charge in [-0.3, -0.25) is 9.59 Å². The molecule has 2 aromatic heterocycles. The van der Waals surface area contributed by atoms with E-state index in [0.717, 1.165) is 5.56 Å². The number of rotatable bonds is 4. The molecule has 0 aliphatic heterocycles. The lowest BCUT2D eigenvalue weighted by molar-refractivity contribution is -0.119. The summed E-state index contributed by atoms with van der Waals surface area (Å²) < 4.78 is 6.28. The Morgan fingerprint density at radius 2 is 2.08 bits per heavy atom. The first kappa shape index (κ1) is 18.1. The number of amides is 1. The summed E-state index contributed by atoms with van der Waals surface area (Å²) in [4.78, 5) is 25.5. The van der Waals surface area contributed by atoms with Gasteiger partial charge >= 0.3 is 0 Å². The largest absolute Gasteiger partial charge is 0.360 e. The lowest BCUT2D eigenvalue weighted by Gasteiger charge is -2.17. The van der Waals surface area contributed by atoms with Crippen molar-refractivity contribution in [2.75, 3.05) is 5.32 Å². The van der Waals surface area contributed by atoms with Crippen molar-refractivity contribution in [3.05, 3.63) is 50.6 Å². The van der Waals surface area contributed by atoms with Gasteiger partial charge in [-0.25, -0.2) is 4.68 Å². The van der Waals surface area contributed by atoms with Gasteiger partial charge in [0.15, 0.2) is 5.52 Å². The van der Waals surface area contributed by atoms with E-state index >= 15 is 0 Å². The Morgan fingerprint density at radius 1 is 1.35 bits per heavy atom. The number of fused-ring (bicyclic) bond motifs is 1. The van der Waals surface area contributed by atoms with Crippen molar-refractivity contribution in [3.63, 3.8) is 0 Å². The van der Waals surface area contributed by atoms with Crippen LogP contribution >= 0.6 is 11.6 Å². The third-order valence-corrected chi connectivity index (χ3v) is 4.72. The second kappa shape index (κ2) is 6.92. The van der Waals surface area contributed by atoms with Crippen LogP contribution in [0.3, 0.4) is 0 Å². The summed E-state index contributed by atoms with van der Waals surface area (Å²) in [7, 11) is 0. The van der Waals surface area contributed by atoms with Crippen LogP contribution in [0.15, 0.2) is 27.5 Å². The number of hydrogen-bond acceptors (Lipinski definition) is 5. The summed E-state index contributed by atoms with van der Waals surface area (Å²) >= 11 is 6.10. The number of nitrogens with zero attached hydrogens (tertiary/aromatic N) is 3. The average Bonchev–Trinajstić information content (AvgIpc) is 2.99. The molecule has 136 valence electrons. The van der Waals surface area contributed by atoms with Crippen molar-refractivity contribution >= 4 is 34.1 Å². The van der Waals surface area contributed by atoms with Crippen LogP contribution in [0.1, 0.15) is 36.4 Å². The SMILES string of the molecule is CCC(C(=O)Nc1ccc(C)c(Cl)c1)n1nc(C)c2c(C)onc2c1=O. The van der Waals surface area contributed by atoms with Gasteiger partial charge in [-0.15, -0.1) is 0 Å². The van der Waals surface area contributed by atoms with Crippen molar-refractivity contribution in [1.29, 1.82) is 0 Å². The number of aromatic nitrogens is 3. The highest BCUT2D eigenvalue weighted by Crippen LogP contribution is 2.22.